The first kappa shape index (κ1) is 15.1. The van der Waals surface area contributed by atoms with Crippen LogP contribution in [0.3, 0.4) is 0 Å². The summed E-state index contributed by atoms with van der Waals surface area (Å²) < 4.78 is 18.3. The number of rotatable bonds is 9. The van der Waals surface area contributed by atoms with Gasteiger partial charge < -0.3 is 10.1 Å². The molecule has 1 aromatic rings. The Morgan fingerprint density at radius 3 is 2.56 bits per heavy atom. The number of ether oxygens (including phenoxy) is 1. The second kappa shape index (κ2) is 9.06. The maximum atomic E-state index is 12.8. The van der Waals surface area contributed by atoms with Crippen LogP contribution in [0.15, 0.2) is 24.3 Å². The molecular formula is C15H24FNO. The Bertz CT molecular complexity index is 313. The molecule has 0 aliphatic carbocycles. The standard InChI is InChI=1S/C15H24FNO/c1-3-9-17-11-14(12-18-4-2)10-13-5-7-15(16)8-6-13/h5-8,14,17H,3-4,9-12H2,1-2H3. The van der Waals surface area contributed by atoms with Crippen LogP contribution in [-0.4, -0.2) is 26.3 Å². The van der Waals surface area contributed by atoms with E-state index >= 15 is 0 Å². The summed E-state index contributed by atoms with van der Waals surface area (Å²) in [4.78, 5) is 0. The first-order chi connectivity index (χ1) is 8.76. The Kier molecular flexibility index (Phi) is 7.62. The summed E-state index contributed by atoms with van der Waals surface area (Å²) in [5, 5.41) is 3.42. The highest BCUT2D eigenvalue weighted by molar-refractivity contribution is 5.16. The fourth-order valence-corrected chi connectivity index (χ4v) is 1.91. The maximum absolute atomic E-state index is 12.8. The predicted molar refractivity (Wildman–Crippen MR) is 73.2 cm³/mol. The molecule has 0 bridgehead atoms. The number of benzene rings is 1. The number of nitrogens with one attached hydrogen (secondary N) is 1. The molecule has 0 heterocycles. The topological polar surface area (TPSA) is 21.3 Å². The number of hydrogen-bond donors (Lipinski definition) is 1. The largest absolute Gasteiger partial charge is 0.381 e. The van der Waals surface area contributed by atoms with E-state index in [1.165, 1.54) is 17.7 Å². The van der Waals surface area contributed by atoms with Gasteiger partial charge in [-0.2, -0.15) is 0 Å². The zero-order valence-corrected chi connectivity index (χ0v) is 11.4. The predicted octanol–water partition coefficient (Wildman–Crippen LogP) is 3.02. The van der Waals surface area contributed by atoms with Crippen molar-refractivity contribution in [3.63, 3.8) is 0 Å². The van der Waals surface area contributed by atoms with E-state index in [2.05, 4.69) is 12.2 Å². The zero-order valence-electron chi connectivity index (χ0n) is 11.4. The van der Waals surface area contributed by atoms with Crippen molar-refractivity contribution in [2.75, 3.05) is 26.3 Å². The summed E-state index contributed by atoms with van der Waals surface area (Å²) in [7, 11) is 0. The first-order valence-electron chi connectivity index (χ1n) is 6.79. The molecule has 18 heavy (non-hydrogen) atoms. The van der Waals surface area contributed by atoms with Crippen LogP contribution in [0.25, 0.3) is 0 Å². The molecule has 0 amide bonds. The lowest BCUT2D eigenvalue weighted by Crippen LogP contribution is -2.28. The monoisotopic (exact) mass is 253 g/mol. The fraction of sp³-hybridized carbons (Fsp3) is 0.600. The highest BCUT2D eigenvalue weighted by Crippen LogP contribution is 2.10. The molecule has 0 aliphatic heterocycles. The lowest BCUT2D eigenvalue weighted by molar-refractivity contribution is 0.110. The Morgan fingerprint density at radius 2 is 1.94 bits per heavy atom. The summed E-state index contributed by atoms with van der Waals surface area (Å²) in [5.41, 5.74) is 1.17. The molecule has 2 nitrogen and oxygen atoms in total. The van der Waals surface area contributed by atoms with Crippen LogP contribution in [0.1, 0.15) is 25.8 Å². The van der Waals surface area contributed by atoms with E-state index in [4.69, 9.17) is 4.74 Å². The molecule has 0 saturated carbocycles. The van der Waals surface area contributed by atoms with E-state index in [-0.39, 0.29) is 5.82 Å². The van der Waals surface area contributed by atoms with Crippen LogP contribution < -0.4 is 5.32 Å². The van der Waals surface area contributed by atoms with E-state index in [0.717, 1.165) is 39.1 Å². The molecule has 0 saturated heterocycles. The minimum absolute atomic E-state index is 0.177. The van der Waals surface area contributed by atoms with E-state index in [0.29, 0.717) is 5.92 Å². The van der Waals surface area contributed by atoms with Crippen LogP contribution in [0.5, 0.6) is 0 Å². The third-order valence-electron chi connectivity index (χ3n) is 2.86. The van der Waals surface area contributed by atoms with Gasteiger partial charge in [0.15, 0.2) is 0 Å². The van der Waals surface area contributed by atoms with Crippen molar-refractivity contribution in [1.82, 2.24) is 5.32 Å². The summed E-state index contributed by atoms with van der Waals surface area (Å²) in [6, 6.07) is 6.75. The molecule has 0 aromatic heterocycles. The Balaban J connectivity index is 2.45. The number of halogens is 1. The third-order valence-corrected chi connectivity index (χ3v) is 2.86. The summed E-state index contributed by atoms with van der Waals surface area (Å²) >= 11 is 0. The minimum Gasteiger partial charge on any atom is -0.381 e. The Hall–Kier alpha value is -0.930. The molecule has 0 fully saturated rings. The number of hydrogen-bond acceptors (Lipinski definition) is 2. The van der Waals surface area contributed by atoms with Gasteiger partial charge in [0, 0.05) is 13.2 Å². The van der Waals surface area contributed by atoms with Gasteiger partial charge in [-0.3, -0.25) is 0 Å². The van der Waals surface area contributed by atoms with Gasteiger partial charge in [0.1, 0.15) is 5.82 Å². The molecule has 1 atom stereocenters. The van der Waals surface area contributed by atoms with Crippen LogP contribution in [0.4, 0.5) is 4.39 Å². The summed E-state index contributed by atoms with van der Waals surface area (Å²) in [6.07, 6.45) is 2.06. The zero-order chi connectivity index (χ0) is 13.2. The van der Waals surface area contributed by atoms with Gasteiger partial charge >= 0.3 is 0 Å². The van der Waals surface area contributed by atoms with Gasteiger partial charge in [0.25, 0.3) is 0 Å². The van der Waals surface area contributed by atoms with Gasteiger partial charge in [-0.25, -0.2) is 4.39 Å². The smallest absolute Gasteiger partial charge is 0.123 e. The van der Waals surface area contributed by atoms with Crippen LogP contribution in [0.2, 0.25) is 0 Å². The average molecular weight is 253 g/mol. The second-order valence-electron chi connectivity index (χ2n) is 4.56. The van der Waals surface area contributed by atoms with Crippen molar-refractivity contribution in [2.45, 2.75) is 26.7 Å². The quantitative estimate of drug-likeness (QED) is 0.683. The molecule has 1 unspecified atom stereocenters. The third kappa shape index (κ3) is 6.12. The molecular weight excluding hydrogens is 229 g/mol. The van der Waals surface area contributed by atoms with Gasteiger partial charge in [-0.05, 0) is 49.9 Å². The molecule has 102 valence electrons. The Labute approximate surface area is 110 Å². The van der Waals surface area contributed by atoms with Crippen molar-refractivity contribution in [2.24, 2.45) is 5.92 Å². The molecule has 1 aromatic carbocycles. The molecule has 1 rings (SSSR count). The summed E-state index contributed by atoms with van der Waals surface area (Å²) in [5.74, 6) is 0.270. The molecule has 0 radical (unpaired) electrons. The van der Waals surface area contributed by atoms with Gasteiger partial charge in [-0.15, -0.1) is 0 Å². The highest BCUT2D eigenvalue weighted by Gasteiger charge is 2.09. The van der Waals surface area contributed by atoms with Crippen molar-refractivity contribution in [3.05, 3.63) is 35.6 Å². The van der Waals surface area contributed by atoms with E-state index in [1.54, 1.807) is 0 Å². The van der Waals surface area contributed by atoms with Crippen molar-refractivity contribution in [3.8, 4) is 0 Å². The lowest BCUT2D eigenvalue weighted by atomic mass is 10.00. The van der Waals surface area contributed by atoms with Gasteiger partial charge in [0.05, 0.1) is 6.61 Å². The molecule has 3 heteroatoms. The van der Waals surface area contributed by atoms with Gasteiger partial charge in [0.2, 0.25) is 0 Å². The van der Waals surface area contributed by atoms with E-state index < -0.39 is 0 Å². The van der Waals surface area contributed by atoms with E-state index in [1.807, 2.05) is 19.1 Å². The second-order valence-corrected chi connectivity index (χ2v) is 4.56. The minimum atomic E-state index is -0.177. The van der Waals surface area contributed by atoms with Crippen LogP contribution in [-0.2, 0) is 11.2 Å². The highest BCUT2D eigenvalue weighted by atomic mass is 19.1. The lowest BCUT2D eigenvalue weighted by Gasteiger charge is -2.17. The van der Waals surface area contributed by atoms with Crippen molar-refractivity contribution >= 4 is 0 Å². The van der Waals surface area contributed by atoms with Crippen molar-refractivity contribution < 1.29 is 9.13 Å². The average Bonchev–Trinajstić information content (AvgIpc) is 2.38. The van der Waals surface area contributed by atoms with E-state index in [9.17, 15) is 4.39 Å². The normalized spacial score (nSPS) is 12.6. The Morgan fingerprint density at radius 1 is 1.22 bits per heavy atom. The molecule has 0 aliphatic rings. The van der Waals surface area contributed by atoms with Gasteiger partial charge in [-0.1, -0.05) is 19.1 Å². The SMILES string of the molecule is CCCNCC(COCC)Cc1ccc(F)cc1. The fourth-order valence-electron chi connectivity index (χ4n) is 1.91. The summed E-state index contributed by atoms with van der Waals surface area (Å²) in [6.45, 7) is 7.65. The van der Waals surface area contributed by atoms with Crippen LogP contribution >= 0.6 is 0 Å². The van der Waals surface area contributed by atoms with Crippen molar-refractivity contribution in [1.29, 1.82) is 0 Å². The maximum Gasteiger partial charge on any atom is 0.123 e. The molecule has 0 spiro atoms. The molecule has 1 N–H and O–H groups in total. The van der Waals surface area contributed by atoms with Crippen LogP contribution in [0, 0.1) is 11.7 Å². The first-order valence-corrected chi connectivity index (χ1v) is 6.79.